The zero-order chi connectivity index (χ0) is 27.5. The third-order valence-electron chi connectivity index (χ3n) is 8.69. The number of rotatable bonds is 29. The average molecular weight is 532 g/mol. The predicted octanol–water partition coefficient (Wildman–Crippen LogP) is 12.2. The maximum Gasteiger partial charge on any atom is 0.254 e. The fourth-order valence-corrected chi connectivity index (χ4v) is 6.03. The van der Waals surface area contributed by atoms with Gasteiger partial charge in [-0.2, -0.15) is 0 Å². The van der Waals surface area contributed by atoms with E-state index in [-0.39, 0.29) is 0 Å². The van der Waals surface area contributed by atoms with Crippen LogP contribution in [0, 0.1) is 5.92 Å². The standard InChI is InChI=1S/C36H70N2/c1-5-6-7-8-9-10-18-21-24-27-30-35(4)38-33-32-37-36(38)31-28-25-22-19-16-14-12-11-13-15-17-20-23-26-29-34(2)3/h32-35H,5-31H2,1-4H3/p+1. The largest absolute Gasteiger partial charge is 0.254 e. The van der Waals surface area contributed by atoms with Gasteiger partial charge in [0, 0.05) is 6.42 Å². The molecule has 0 aliphatic rings. The summed E-state index contributed by atoms with van der Waals surface area (Å²) in [6.07, 6.45) is 42.9. The summed E-state index contributed by atoms with van der Waals surface area (Å²) in [5, 5.41) is 0. The summed E-state index contributed by atoms with van der Waals surface area (Å²) in [7, 11) is 0. The van der Waals surface area contributed by atoms with Gasteiger partial charge in [0.05, 0.1) is 6.04 Å². The summed E-state index contributed by atoms with van der Waals surface area (Å²) >= 11 is 0. The molecule has 2 nitrogen and oxygen atoms in total. The Labute approximate surface area is 240 Å². The average Bonchev–Trinajstić information content (AvgIpc) is 3.38. The molecule has 0 saturated heterocycles. The second-order valence-electron chi connectivity index (χ2n) is 13.0. The quantitative estimate of drug-likeness (QED) is 0.0783. The molecule has 224 valence electrons. The van der Waals surface area contributed by atoms with Crippen LogP contribution in [0.1, 0.15) is 207 Å². The van der Waals surface area contributed by atoms with Crippen molar-refractivity contribution in [3.8, 4) is 0 Å². The van der Waals surface area contributed by atoms with E-state index in [1.807, 2.05) is 0 Å². The highest BCUT2D eigenvalue weighted by Gasteiger charge is 2.16. The van der Waals surface area contributed by atoms with Crippen LogP contribution in [-0.4, -0.2) is 4.98 Å². The molecule has 0 saturated carbocycles. The van der Waals surface area contributed by atoms with Crippen LogP contribution in [0.25, 0.3) is 0 Å². The molecule has 0 spiro atoms. The van der Waals surface area contributed by atoms with Crippen LogP contribution in [0.15, 0.2) is 12.4 Å². The first-order valence-corrected chi connectivity index (χ1v) is 17.7. The number of H-pyrrole nitrogens is 1. The van der Waals surface area contributed by atoms with Crippen LogP contribution in [0.4, 0.5) is 0 Å². The molecule has 0 aliphatic heterocycles. The molecule has 0 aromatic carbocycles. The highest BCUT2D eigenvalue weighted by Crippen LogP contribution is 2.17. The molecule has 1 rings (SSSR count). The summed E-state index contributed by atoms with van der Waals surface area (Å²) in [5.74, 6) is 2.34. The van der Waals surface area contributed by atoms with E-state index in [1.165, 1.54) is 179 Å². The van der Waals surface area contributed by atoms with E-state index in [9.17, 15) is 0 Å². The van der Waals surface area contributed by atoms with E-state index in [4.69, 9.17) is 0 Å². The minimum Gasteiger partial charge on any atom is -0.248 e. The molecular formula is C36H71N2+. The van der Waals surface area contributed by atoms with Gasteiger partial charge in [-0.3, -0.25) is 0 Å². The number of unbranched alkanes of at least 4 members (excludes halogenated alkanes) is 22. The van der Waals surface area contributed by atoms with Crippen molar-refractivity contribution >= 4 is 0 Å². The highest BCUT2D eigenvalue weighted by atomic mass is 15.1. The third-order valence-corrected chi connectivity index (χ3v) is 8.69. The van der Waals surface area contributed by atoms with Crippen LogP contribution in [0.5, 0.6) is 0 Å². The number of hydrogen-bond donors (Lipinski definition) is 1. The molecule has 1 N–H and O–H groups in total. The first-order chi connectivity index (χ1) is 18.6. The van der Waals surface area contributed by atoms with E-state index in [0.717, 1.165) is 5.92 Å². The van der Waals surface area contributed by atoms with Gasteiger partial charge < -0.3 is 0 Å². The van der Waals surface area contributed by atoms with Crippen LogP contribution >= 0.6 is 0 Å². The second-order valence-corrected chi connectivity index (χ2v) is 13.0. The summed E-state index contributed by atoms with van der Waals surface area (Å²) in [6.45, 7) is 9.41. The Morgan fingerprint density at radius 3 is 1.37 bits per heavy atom. The molecule has 0 radical (unpaired) electrons. The topological polar surface area (TPSA) is 19.7 Å². The van der Waals surface area contributed by atoms with Gasteiger partial charge in [-0.1, -0.05) is 168 Å². The Morgan fingerprint density at radius 1 is 0.526 bits per heavy atom. The molecule has 1 atom stereocenters. The number of nitrogens with zero attached hydrogens (tertiary/aromatic N) is 1. The molecule has 1 aromatic rings. The highest BCUT2D eigenvalue weighted by molar-refractivity contribution is 4.78. The number of aryl methyl sites for hydroxylation is 1. The molecule has 0 bridgehead atoms. The normalized spacial score (nSPS) is 12.6. The van der Waals surface area contributed by atoms with E-state index in [2.05, 4.69) is 49.6 Å². The molecule has 1 unspecified atom stereocenters. The van der Waals surface area contributed by atoms with Crippen molar-refractivity contribution in [3.05, 3.63) is 18.2 Å². The maximum atomic E-state index is 3.54. The van der Waals surface area contributed by atoms with Gasteiger partial charge in [-0.15, -0.1) is 0 Å². The fourth-order valence-electron chi connectivity index (χ4n) is 6.03. The lowest BCUT2D eigenvalue weighted by Crippen LogP contribution is -2.39. The fraction of sp³-hybridized carbons (Fsp3) is 0.917. The summed E-state index contributed by atoms with van der Waals surface area (Å²) in [5.41, 5.74) is 0. The van der Waals surface area contributed by atoms with Crippen molar-refractivity contribution < 1.29 is 4.57 Å². The van der Waals surface area contributed by atoms with Crippen molar-refractivity contribution in [1.29, 1.82) is 0 Å². The number of imidazole rings is 1. The number of nitrogens with one attached hydrogen (secondary N) is 1. The van der Waals surface area contributed by atoms with Crippen molar-refractivity contribution in [2.24, 2.45) is 5.92 Å². The Kier molecular flexibility index (Phi) is 24.5. The van der Waals surface area contributed by atoms with Gasteiger partial charge in [0.2, 0.25) is 0 Å². The Hall–Kier alpha value is -0.790. The first-order valence-electron chi connectivity index (χ1n) is 17.7. The minimum atomic E-state index is 0.634. The monoisotopic (exact) mass is 532 g/mol. The SMILES string of the molecule is CCCCCCCCCCCCC(C)[n+]1cc[nH]c1CCCCCCCCCCCCCCCCC(C)C. The van der Waals surface area contributed by atoms with Crippen LogP contribution < -0.4 is 4.57 Å². The van der Waals surface area contributed by atoms with E-state index >= 15 is 0 Å². The van der Waals surface area contributed by atoms with E-state index in [0.29, 0.717) is 6.04 Å². The van der Waals surface area contributed by atoms with E-state index < -0.39 is 0 Å². The smallest absolute Gasteiger partial charge is 0.248 e. The van der Waals surface area contributed by atoms with E-state index in [1.54, 1.807) is 0 Å². The van der Waals surface area contributed by atoms with Gasteiger partial charge in [-0.25, -0.2) is 9.55 Å². The van der Waals surface area contributed by atoms with Gasteiger partial charge in [0.15, 0.2) is 0 Å². The Morgan fingerprint density at radius 2 is 0.921 bits per heavy atom. The summed E-state index contributed by atoms with van der Waals surface area (Å²) in [6, 6.07) is 0.634. The van der Waals surface area contributed by atoms with Gasteiger partial charge in [0.1, 0.15) is 12.4 Å². The Balaban J connectivity index is 1.91. The van der Waals surface area contributed by atoms with Gasteiger partial charge >= 0.3 is 0 Å². The molecule has 0 aliphatic carbocycles. The van der Waals surface area contributed by atoms with Crippen LogP contribution in [-0.2, 0) is 6.42 Å². The first kappa shape index (κ1) is 35.2. The molecule has 0 fully saturated rings. The van der Waals surface area contributed by atoms with Gasteiger partial charge in [-0.05, 0) is 32.1 Å². The van der Waals surface area contributed by atoms with Crippen molar-refractivity contribution in [2.75, 3.05) is 0 Å². The molecule has 1 aromatic heterocycles. The molecule has 2 heteroatoms. The third kappa shape index (κ3) is 21.1. The zero-order valence-electron chi connectivity index (χ0n) is 26.8. The maximum absolute atomic E-state index is 3.54. The summed E-state index contributed by atoms with van der Waals surface area (Å²) in [4.78, 5) is 3.54. The lowest BCUT2D eigenvalue weighted by molar-refractivity contribution is -0.726. The van der Waals surface area contributed by atoms with Crippen molar-refractivity contribution in [3.63, 3.8) is 0 Å². The predicted molar refractivity (Wildman–Crippen MR) is 170 cm³/mol. The molecule has 38 heavy (non-hydrogen) atoms. The molecular weight excluding hydrogens is 460 g/mol. The number of aromatic amines is 1. The van der Waals surface area contributed by atoms with Crippen LogP contribution in [0.3, 0.4) is 0 Å². The zero-order valence-corrected chi connectivity index (χ0v) is 26.8. The minimum absolute atomic E-state index is 0.634. The molecule has 0 amide bonds. The molecule has 1 heterocycles. The lowest BCUT2D eigenvalue weighted by Gasteiger charge is -2.10. The lowest BCUT2D eigenvalue weighted by atomic mass is 10.0. The van der Waals surface area contributed by atoms with Crippen molar-refractivity contribution in [2.45, 2.75) is 207 Å². The van der Waals surface area contributed by atoms with Crippen LogP contribution in [0.2, 0.25) is 0 Å². The van der Waals surface area contributed by atoms with Gasteiger partial charge in [0.25, 0.3) is 5.82 Å². The number of hydrogen-bond acceptors (Lipinski definition) is 0. The summed E-state index contributed by atoms with van der Waals surface area (Å²) < 4.78 is 2.53. The number of aromatic nitrogens is 2. The van der Waals surface area contributed by atoms with Crippen molar-refractivity contribution in [1.82, 2.24) is 4.98 Å². The Bertz CT molecular complexity index is 590. The second kappa shape index (κ2) is 26.4.